The van der Waals surface area contributed by atoms with E-state index in [1.54, 1.807) is 6.20 Å². The van der Waals surface area contributed by atoms with Crippen molar-refractivity contribution in [3.63, 3.8) is 0 Å². The van der Waals surface area contributed by atoms with Gasteiger partial charge in [0.25, 0.3) is 0 Å². The molecule has 0 atom stereocenters. The molecule has 1 aliphatic heterocycles. The molecule has 2 heterocycles. The number of halogens is 1. The minimum atomic E-state index is -0.0176. The predicted octanol–water partition coefficient (Wildman–Crippen LogP) is 4.31. The lowest BCUT2D eigenvalue weighted by molar-refractivity contribution is -0.121. The van der Waals surface area contributed by atoms with Crippen LogP contribution in [0.1, 0.15) is 45.4 Å². The van der Waals surface area contributed by atoms with Crippen LogP contribution in [0.3, 0.4) is 0 Å². The molecule has 1 saturated heterocycles. The number of oxazole rings is 1. The molecule has 0 unspecified atom stereocenters. The van der Waals surface area contributed by atoms with Crippen LogP contribution in [-0.2, 0) is 11.2 Å². The number of nitrogens with one attached hydrogen (secondary N) is 1. The molecule has 0 bridgehead atoms. The minimum Gasteiger partial charge on any atom is -0.441 e. The summed E-state index contributed by atoms with van der Waals surface area (Å²) in [7, 11) is 0. The third-order valence-electron chi connectivity index (χ3n) is 5.19. The molecule has 2 aromatic rings. The van der Waals surface area contributed by atoms with Gasteiger partial charge < -0.3 is 9.73 Å². The topological polar surface area (TPSA) is 58.4 Å². The van der Waals surface area contributed by atoms with Crippen LogP contribution in [0.25, 0.3) is 11.3 Å². The van der Waals surface area contributed by atoms with E-state index in [0.29, 0.717) is 36.1 Å². The van der Waals surface area contributed by atoms with E-state index in [1.807, 2.05) is 24.3 Å². The summed E-state index contributed by atoms with van der Waals surface area (Å²) < 4.78 is 5.76. The first-order valence-corrected chi connectivity index (χ1v) is 10.0. The van der Waals surface area contributed by atoms with E-state index in [9.17, 15) is 4.79 Å². The van der Waals surface area contributed by atoms with Gasteiger partial charge >= 0.3 is 0 Å². The molecule has 0 radical (unpaired) electrons. The van der Waals surface area contributed by atoms with Crippen molar-refractivity contribution in [3.05, 3.63) is 41.4 Å². The summed E-state index contributed by atoms with van der Waals surface area (Å²) in [5.74, 6) is 1.20. The summed E-state index contributed by atoms with van der Waals surface area (Å²) in [6.07, 6.45) is 6.29. The first-order valence-electron chi connectivity index (χ1n) is 9.67. The Morgan fingerprint density at radius 1 is 1.26 bits per heavy atom. The van der Waals surface area contributed by atoms with E-state index < -0.39 is 0 Å². The van der Waals surface area contributed by atoms with Gasteiger partial charge in [-0.15, -0.1) is 0 Å². The smallest absolute Gasteiger partial charge is 0.220 e. The Balaban J connectivity index is 1.47. The predicted molar refractivity (Wildman–Crippen MR) is 108 cm³/mol. The molecule has 1 aromatic carbocycles. The molecule has 1 N–H and O–H groups in total. The lowest BCUT2D eigenvalue weighted by atomic mass is 9.98. The molecule has 5 nitrogen and oxygen atoms in total. The van der Waals surface area contributed by atoms with Gasteiger partial charge in [0.05, 0.1) is 11.2 Å². The van der Waals surface area contributed by atoms with E-state index in [2.05, 4.69) is 29.0 Å². The average Bonchev–Trinajstić information content (AvgIpc) is 3.15. The highest BCUT2D eigenvalue weighted by atomic mass is 35.5. The second-order valence-corrected chi connectivity index (χ2v) is 8.14. The van der Waals surface area contributed by atoms with Gasteiger partial charge in [-0.2, -0.15) is 0 Å². The number of aryl methyl sites for hydroxylation is 1. The molecule has 1 fully saturated rings. The first-order chi connectivity index (χ1) is 13.0. The molecule has 1 aromatic heterocycles. The Kier molecular flexibility index (Phi) is 6.55. The van der Waals surface area contributed by atoms with Crippen molar-refractivity contribution in [2.24, 2.45) is 0 Å². The van der Waals surface area contributed by atoms with E-state index in [-0.39, 0.29) is 11.4 Å². The van der Waals surface area contributed by atoms with Crippen LogP contribution in [-0.4, -0.2) is 41.0 Å². The highest BCUT2D eigenvalue weighted by Gasteiger charge is 2.28. The summed E-state index contributed by atoms with van der Waals surface area (Å²) >= 11 is 6.19. The van der Waals surface area contributed by atoms with Crippen molar-refractivity contribution in [1.82, 2.24) is 15.2 Å². The highest BCUT2D eigenvalue weighted by Crippen LogP contribution is 2.28. The number of aromatic nitrogens is 1. The van der Waals surface area contributed by atoms with Crippen LogP contribution in [0, 0.1) is 0 Å². The van der Waals surface area contributed by atoms with E-state index in [0.717, 1.165) is 18.7 Å². The van der Waals surface area contributed by atoms with Crippen LogP contribution in [0.5, 0.6) is 0 Å². The van der Waals surface area contributed by atoms with Crippen LogP contribution >= 0.6 is 11.6 Å². The highest BCUT2D eigenvalue weighted by molar-refractivity contribution is 6.33. The van der Waals surface area contributed by atoms with Crippen molar-refractivity contribution in [3.8, 4) is 11.3 Å². The fourth-order valence-corrected chi connectivity index (χ4v) is 3.68. The number of amides is 1. The molecule has 146 valence electrons. The number of piperidine rings is 1. The minimum absolute atomic E-state index is 0.0176. The van der Waals surface area contributed by atoms with E-state index in [1.165, 1.54) is 19.3 Å². The largest absolute Gasteiger partial charge is 0.441 e. The van der Waals surface area contributed by atoms with Crippen molar-refractivity contribution in [2.75, 3.05) is 19.6 Å². The van der Waals surface area contributed by atoms with Gasteiger partial charge in [-0.1, -0.05) is 30.2 Å². The second kappa shape index (κ2) is 8.89. The maximum absolute atomic E-state index is 12.3. The second-order valence-electron chi connectivity index (χ2n) is 7.73. The SMILES string of the molecule is CC(C)(CNC(=O)CCc1ncc(-c2ccccc2Cl)o1)N1CCCCC1. The molecule has 6 heteroatoms. The Labute approximate surface area is 166 Å². The quantitative estimate of drug-likeness (QED) is 0.766. The van der Waals surface area contributed by atoms with Gasteiger partial charge in [-0.05, 0) is 51.9 Å². The zero-order chi connectivity index (χ0) is 19.3. The number of carbonyl (C=O) groups excluding carboxylic acids is 1. The van der Waals surface area contributed by atoms with Crippen molar-refractivity contribution in [1.29, 1.82) is 0 Å². The van der Waals surface area contributed by atoms with Gasteiger partial charge in [0, 0.05) is 30.5 Å². The molecule has 0 saturated carbocycles. The molecule has 3 rings (SSSR count). The first kappa shape index (κ1) is 19.9. The number of likely N-dealkylation sites (tertiary alicyclic amines) is 1. The molecule has 1 amide bonds. The lowest BCUT2D eigenvalue weighted by Crippen LogP contribution is -2.53. The molecular weight excluding hydrogens is 362 g/mol. The summed E-state index contributed by atoms with van der Waals surface area (Å²) in [6.45, 7) is 7.28. The standard InChI is InChI=1S/C21H28ClN3O2/c1-21(2,25-12-6-3-7-13-25)15-24-19(26)10-11-20-23-14-18(27-20)16-8-4-5-9-17(16)22/h4-5,8-9,14H,3,6-7,10-13,15H2,1-2H3,(H,24,26). The summed E-state index contributed by atoms with van der Waals surface area (Å²) in [4.78, 5) is 19.0. The summed E-state index contributed by atoms with van der Waals surface area (Å²) in [5.41, 5.74) is 0.793. The molecule has 0 aliphatic carbocycles. The monoisotopic (exact) mass is 389 g/mol. The van der Waals surface area contributed by atoms with Crippen molar-refractivity contribution >= 4 is 17.5 Å². The molecule has 27 heavy (non-hydrogen) atoms. The maximum Gasteiger partial charge on any atom is 0.220 e. The van der Waals surface area contributed by atoms with Crippen LogP contribution in [0.2, 0.25) is 5.02 Å². The third-order valence-corrected chi connectivity index (χ3v) is 5.52. The molecule has 1 aliphatic rings. The Bertz CT molecular complexity index is 766. The number of carbonyl (C=O) groups is 1. The number of nitrogens with zero attached hydrogens (tertiary/aromatic N) is 2. The lowest BCUT2D eigenvalue weighted by Gasteiger charge is -2.41. The van der Waals surface area contributed by atoms with Gasteiger partial charge in [-0.3, -0.25) is 9.69 Å². The Morgan fingerprint density at radius 3 is 2.74 bits per heavy atom. The zero-order valence-electron chi connectivity index (χ0n) is 16.1. The van der Waals surface area contributed by atoms with Crippen LogP contribution in [0.15, 0.2) is 34.9 Å². The molecular formula is C21H28ClN3O2. The number of benzene rings is 1. The average molecular weight is 390 g/mol. The third kappa shape index (κ3) is 5.33. The van der Waals surface area contributed by atoms with Crippen molar-refractivity contribution < 1.29 is 9.21 Å². The normalized spacial score (nSPS) is 15.7. The van der Waals surface area contributed by atoms with E-state index >= 15 is 0 Å². The Morgan fingerprint density at radius 2 is 2.00 bits per heavy atom. The van der Waals surface area contributed by atoms with Gasteiger partial charge in [-0.25, -0.2) is 4.98 Å². The van der Waals surface area contributed by atoms with Crippen molar-refractivity contribution in [2.45, 2.75) is 51.5 Å². The maximum atomic E-state index is 12.3. The van der Waals surface area contributed by atoms with Crippen LogP contribution < -0.4 is 5.32 Å². The molecule has 0 spiro atoms. The van der Waals surface area contributed by atoms with Gasteiger partial charge in [0.2, 0.25) is 5.91 Å². The number of hydrogen-bond donors (Lipinski definition) is 1. The van der Waals surface area contributed by atoms with Crippen LogP contribution in [0.4, 0.5) is 0 Å². The van der Waals surface area contributed by atoms with Gasteiger partial charge in [0.15, 0.2) is 11.7 Å². The fourth-order valence-electron chi connectivity index (χ4n) is 3.45. The number of rotatable bonds is 7. The fraction of sp³-hybridized carbons (Fsp3) is 0.524. The van der Waals surface area contributed by atoms with E-state index in [4.69, 9.17) is 16.0 Å². The summed E-state index contributed by atoms with van der Waals surface area (Å²) in [6, 6.07) is 7.48. The zero-order valence-corrected chi connectivity index (χ0v) is 16.9. The van der Waals surface area contributed by atoms with Gasteiger partial charge in [0.1, 0.15) is 0 Å². The summed E-state index contributed by atoms with van der Waals surface area (Å²) in [5, 5.41) is 3.69. The number of hydrogen-bond acceptors (Lipinski definition) is 4. The Hall–Kier alpha value is -1.85.